The molecule has 0 fully saturated rings. The smallest absolute Gasteiger partial charge is 0.271 e. The number of fused-ring (bicyclic) bond motifs is 1. The second-order valence-electron chi connectivity index (χ2n) is 8.48. The Morgan fingerprint density at radius 2 is 1.86 bits per heavy atom. The van der Waals surface area contributed by atoms with E-state index in [1.54, 1.807) is 23.6 Å². The SMILES string of the molecule is CCn1cc(C=c2sc3n(c2=O)C(c2ccc(Cl)cc2)C(C(=O)Nc2ccccc2)=C(C)N=3)c(C)n1. The Bertz CT molecular complexity index is 1660. The van der Waals surface area contributed by atoms with Crippen molar-refractivity contribution in [3.63, 3.8) is 0 Å². The van der Waals surface area contributed by atoms with Crippen molar-refractivity contribution in [3.05, 3.63) is 114 Å². The number of thiazole rings is 1. The summed E-state index contributed by atoms with van der Waals surface area (Å²) in [5.74, 6) is -0.309. The fourth-order valence-electron chi connectivity index (χ4n) is 4.27. The van der Waals surface area contributed by atoms with Crippen LogP contribution in [-0.4, -0.2) is 20.3 Å². The van der Waals surface area contributed by atoms with E-state index in [0.29, 0.717) is 31.3 Å². The first kappa shape index (κ1) is 24.0. The molecule has 0 bridgehead atoms. The highest BCUT2D eigenvalue weighted by atomic mass is 35.5. The van der Waals surface area contributed by atoms with Crippen molar-refractivity contribution in [1.82, 2.24) is 14.3 Å². The van der Waals surface area contributed by atoms with E-state index < -0.39 is 6.04 Å². The molecule has 0 spiro atoms. The summed E-state index contributed by atoms with van der Waals surface area (Å²) < 4.78 is 3.97. The van der Waals surface area contributed by atoms with Gasteiger partial charge in [-0.1, -0.05) is 53.3 Å². The molecule has 2 aromatic heterocycles. The molecule has 5 rings (SSSR count). The number of amides is 1. The number of carbonyl (C=O) groups excluding carboxylic acids is 1. The van der Waals surface area contributed by atoms with Crippen LogP contribution in [0.5, 0.6) is 0 Å². The molecular formula is C27H24ClN5O2S. The third-order valence-electron chi connectivity index (χ3n) is 6.08. The molecule has 1 N–H and O–H groups in total. The average Bonchev–Trinajstić information content (AvgIpc) is 3.38. The van der Waals surface area contributed by atoms with Crippen LogP contribution in [0.15, 0.2) is 81.9 Å². The fraction of sp³-hybridized carbons (Fsp3) is 0.185. The summed E-state index contributed by atoms with van der Waals surface area (Å²) in [6, 6.07) is 15.8. The molecule has 1 atom stereocenters. The summed E-state index contributed by atoms with van der Waals surface area (Å²) in [4.78, 5) is 32.5. The van der Waals surface area contributed by atoms with E-state index in [2.05, 4.69) is 15.4 Å². The number of allylic oxidation sites excluding steroid dienone is 1. The van der Waals surface area contributed by atoms with Crippen molar-refractivity contribution < 1.29 is 4.79 Å². The molecule has 4 aromatic rings. The van der Waals surface area contributed by atoms with Crippen molar-refractivity contribution >= 4 is 40.6 Å². The molecule has 182 valence electrons. The number of halogens is 1. The van der Waals surface area contributed by atoms with Crippen LogP contribution in [-0.2, 0) is 11.3 Å². The number of aryl methyl sites for hydroxylation is 2. The minimum atomic E-state index is -0.649. The summed E-state index contributed by atoms with van der Waals surface area (Å²) in [5, 5.41) is 8.01. The Kier molecular flexibility index (Phi) is 6.47. The van der Waals surface area contributed by atoms with Crippen LogP contribution in [0, 0.1) is 6.92 Å². The molecule has 2 aromatic carbocycles. The van der Waals surface area contributed by atoms with Gasteiger partial charge in [-0.05, 0) is 56.7 Å². The molecule has 0 radical (unpaired) electrons. The molecule has 0 aliphatic carbocycles. The first-order valence-corrected chi connectivity index (χ1v) is 12.7. The molecule has 1 aliphatic heterocycles. The molecule has 1 amide bonds. The number of nitrogens with one attached hydrogen (secondary N) is 1. The standard InChI is InChI=1S/C27H24ClN5O2S/c1-4-32-15-19(16(2)31-32)14-22-26(35)33-24(18-10-12-20(28)13-11-18)23(17(3)29-27(33)36-22)25(34)30-21-8-6-5-7-9-21/h5-15,24H,4H2,1-3H3,(H,30,34). The zero-order valence-corrected chi connectivity index (χ0v) is 21.6. The maximum absolute atomic E-state index is 13.8. The van der Waals surface area contributed by atoms with Crippen molar-refractivity contribution in [1.29, 1.82) is 0 Å². The number of nitrogens with zero attached hydrogens (tertiary/aromatic N) is 4. The first-order valence-electron chi connectivity index (χ1n) is 11.5. The molecule has 3 heterocycles. The van der Waals surface area contributed by atoms with Crippen molar-refractivity contribution in [2.75, 3.05) is 5.32 Å². The van der Waals surface area contributed by atoms with E-state index in [9.17, 15) is 9.59 Å². The molecule has 1 aliphatic rings. The second kappa shape index (κ2) is 9.72. The monoisotopic (exact) mass is 517 g/mol. The zero-order chi connectivity index (χ0) is 25.4. The Morgan fingerprint density at radius 1 is 1.14 bits per heavy atom. The number of aromatic nitrogens is 3. The van der Waals surface area contributed by atoms with Crippen molar-refractivity contribution in [2.24, 2.45) is 4.99 Å². The number of anilines is 1. The second-order valence-corrected chi connectivity index (χ2v) is 9.92. The van der Waals surface area contributed by atoms with Gasteiger partial charge < -0.3 is 5.32 Å². The highest BCUT2D eigenvalue weighted by Gasteiger charge is 2.32. The fourth-order valence-corrected chi connectivity index (χ4v) is 5.43. The largest absolute Gasteiger partial charge is 0.322 e. The molecule has 9 heteroatoms. The number of para-hydroxylation sites is 1. The lowest BCUT2D eigenvalue weighted by molar-refractivity contribution is -0.113. The maximum atomic E-state index is 13.8. The average molecular weight is 518 g/mol. The van der Waals surface area contributed by atoms with E-state index in [4.69, 9.17) is 11.6 Å². The van der Waals surface area contributed by atoms with E-state index in [0.717, 1.165) is 23.4 Å². The lowest BCUT2D eigenvalue weighted by Gasteiger charge is -2.25. The molecular weight excluding hydrogens is 494 g/mol. The van der Waals surface area contributed by atoms with Gasteiger partial charge in [0.2, 0.25) is 0 Å². The summed E-state index contributed by atoms with van der Waals surface area (Å²) in [7, 11) is 0. The summed E-state index contributed by atoms with van der Waals surface area (Å²) in [5.41, 5.74) is 3.92. The van der Waals surface area contributed by atoms with Gasteiger partial charge >= 0.3 is 0 Å². The van der Waals surface area contributed by atoms with Gasteiger partial charge in [0, 0.05) is 29.0 Å². The summed E-state index contributed by atoms with van der Waals surface area (Å²) >= 11 is 7.46. The van der Waals surface area contributed by atoms with Gasteiger partial charge in [-0.15, -0.1) is 0 Å². The third-order valence-corrected chi connectivity index (χ3v) is 7.31. The van der Waals surface area contributed by atoms with Crippen LogP contribution in [0.3, 0.4) is 0 Å². The quantitative estimate of drug-likeness (QED) is 0.433. The maximum Gasteiger partial charge on any atom is 0.271 e. The van der Waals surface area contributed by atoms with Crippen LogP contribution in [0.2, 0.25) is 5.02 Å². The number of hydrogen-bond donors (Lipinski definition) is 1. The number of hydrogen-bond acceptors (Lipinski definition) is 5. The predicted molar refractivity (Wildman–Crippen MR) is 143 cm³/mol. The minimum absolute atomic E-state index is 0.208. The van der Waals surface area contributed by atoms with Gasteiger partial charge in [-0.3, -0.25) is 18.8 Å². The van der Waals surface area contributed by atoms with E-state index >= 15 is 0 Å². The van der Waals surface area contributed by atoms with Gasteiger partial charge in [0.05, 0.1) is 27.5 Å². The molecule has 7 nitrogen and oxygen atoms in total. The molecule has 0 saturated heterocycles. The Morgan fingerprint density at radius 3 is 2.53 bits per heavy atom. The van der Waals surface area contributed by atoms with Gasteiger partial charge in [-0.25, -0.2) is 4.99 Å². The van der Waals surface area contributed by atoms with E-state index in [-0.39, 0.29) is 11.5 Å². The lowest BCUT2D eigenvalue weighted by Crippen LogP contribution is -2.40. The number of rotatable bonds is 5. The van der Waals surface area contributed by atoms with Crippen molar-refractivity contribution in [3.8, 4) is 0 Å². The number of benzene rings is 2. The van der Waals surface area contributed by atoms with Crippen LogP contribution in [0.25, 0.3) is 6.08 Å². The van der Waals surface area contributed by atoms with Gasteiger partial charge in [0.1, 0.15) is 0 Å². The minimum Gasteiger partial charge on any atom is -0.322 e. The summed E-state index contributed by atoms with van der Waals surface area (Å²) in [6.45, 7) is 6.48. The molecule has 36 heavy (non-hydrogen) atoms. The van der Waals surface area contributed by atoms with Gasteiger partial charge in [0.15, 0.2) is 4.80 Å². The lowest BCUT2D eigenvalue weighted by atomic mass is 9.95. The topological polar surface area (TPSA) is 81.3 Å². The number of carbonyl (C=O) groups is 1. The van der Waals surface area contributed by atoms with Gasteiger partial charge in [0.25, 0.3) is 11.5 Å². The van der Waals surface area contributed by atoms with Gasteiger partial charge in [-0.2, -0.15) is 5.10 Å². The van der Waals surface area contributed by atoms with E-state index in [1.165, 1.54) is 11.3 Å². The van der Waals surface area contributed by atoms with E-state index in [1.807, 2.05) is 73.3 Å². The third kappa shape index (κ3) is 4.45. The molecule has 0 saturated carbocycles. The molecule has 1 unspecified atom stereocenters. The zero-order valence-electron chi connectivity index (χ0n) is 20.0. The van der Waals surface area contributed by atoms with Crippen LogP contribution in [0.4, 0.5) is 5.69 Å². The van der Waals surface area contributed by atoms with Crippen molar-refractivity contribution in [2.45, 2.75) is 33.4 Å². The highest BCUT2D eigenvalue weighted by molar-refractivity contribution is 7.07. The Hall–Kier alpha value is -3.75. The first-order chi connectivity index (χ1) is 17.4. The predicted octanol–water partition coefficient (Wildman–Crippen LogP) is 4.05. The van der Waals surface area contributed by atoms with Crippen LogP contribution in [0.1, 0.15) is 36.7 Å². The Labute approximate surface area is 216 Å². The van der Waals surface area contributed by atoms with Crippen LogP contribution < -0.4 is 20.2 Å². The highest BCUT2D eigenvalue weighted by Crippen LogP contribution is 2.31. The Balaban J connectivity index is 1.68. The normalized spacial score (nSPS) is 15.6. The summed E-state index contributed by atoms with van der Waals surface area (Å²) in [6.07, 6.45) is 3.77. The van der Waals surface area contributed by atoms with Crippen LogP contribution >= 0.6 is 22.9 Å².